The van der Waals surface area contributed by atoms with E-state index in [2.05, 4.69) is 20.2 Å². The molecule has 1 amide bonds. The number of anilines is 1. The lowest BCUT2D eigenvalue weighted by atomic mass is 10.1. The van der Waals surface area contributed by atoms with E-state index in [1.54, 1.807) is 6.33 Å². The minimum Gasteiger partial charge on any atom is -0.356 e. The molecule has 1 aliphatic rings. The summed E-state index contributed by atoms with van der Waals surface area (Å²) in [6.45, 7) is 4.01. The van der Waals surface area contributed by atoms with Gasteiger partial charge in [0.25, 0.3) is 5.91 Å². The predicted octanol–water partition coefficient (Wildman–Crippen LogP) is 3.72. The fourth-order valence-electron chi connectivity index (χ4n) is 3.47. The van der Waals surface area contributed by atoms with Crippen LogP contribution >= 0.6 is 0 Å². The highest BCUT2D eigenvalue weighted by atomic mass is 16.1. The van der Waals surface area contributed by atoms with Crippen LogP contribution in [-0.4, -0.2) is 29.0 Å². The van der Waals surface area contributed by atoms with E-state index in [9.17, 15) is 4.79 Å². The second-order valence-corrected chi connectivity index (χ2v) is 6.73. The summed E-state index contributed by atoms with van der Waals surface area (Å²) >= 11 is 0. The zero-order chi connectivity index (χ0) is 17.9. The van der Waals surface area contributed by atoms with Crippen LogP contribution in [0.1, 0.15) is 41.7 Å². The molecule has 0 spiro atoms. The smallest absolute Gasteiger partial charge is 0.251 e. The molecule has 26 heavy (non-hydrogen) atoms. The van der Waals surface area contributed by atoms with Gasteiger partial charge in [-0.2, -0.15) is 0 Å². The molecular weight excluding hydrogens is 324 g/mol. The van der Waals surface area contributed by atoms with Crippen LogP contribution in [-0.2, 0) is 0 Å². The summed E-state index contributed by atoms with van der Waals surface area (Å²) in [5.41, 5.74) is 2.59. The number of benzene rings is 2. The number of rotatable bonds is 4. The molecule has 2 heterocycles. The van der Waals surface area contributed by atoms with Crippen molar-refractivity contribution in [3.8, 4) is 0 Å². The van der Waals surface area contributed by atoms with Gasteiger partial charge in [-0.3, -0.25) is 4.79 Å². The van der Waals surface area contributed by atoms with Gasteiger partial charge in [-0.25, -0.2) is 9.97 Å². The predicted molar refractivity (Wildman–Crippen MR) is 103 cm³/mol. The van der Waals surface area contributed by atoms with Crippen LogP contribution in [0.2, 0.25) is 0 Å². The summed E-state index contributed by atoms with van der Waals surface area (Å²) in [7, 11) is 0. The number of fused-ring (bicyclic) bond motifs is 1. The Morgan fingerprint density at radius 3 is 2.62 bits per heavy atom. The number of hydrogen-bond donors (Lipinski definition) is 1. The molecule has 3 aromatic rings. The lowest BCUT2D eigenvalue weighted by molar-refractivity contribution is 0.0940. The monoisotopic (exact) mass is 346 g/mol. The Hall–Kier alpha value is -2.95. The molecule has 1 aromatic heterocycles. The minimum atomic E-state index is -0.0838. The molecule has 0 bridgehead atoms. The van der Waals surface area contributed by atoms with E-state index in [1.807, 2.05) is 55.5 Å². The van der Waals surface area contributed by atoms with E-state index in [-0.39, 0.29) is 11.9 Å². The van der Waals surface area contributed by atoms with Crippen molar-refractivity contribution in [2.45, 2.75) is 25.8 Å². The Morgan fingerprint density at radius 1 is 1.08 bits per heavy atom. The largest absolute Gasteiger partial charge is 0.356 e. The zero-order valence-electron chi connectivity index (χ0n) is 14.9. The van der Waals surface area contributed by atoms with E-state index in [0.717, 1.165) is 35.4 Å². The zero-order valence-corrected chi connectivity index (χ0v) is 14.9. The summed E-state index contributed by atoms with van der Waals surface area (Å²) in [6, 6.07) is 15.6. The molecule has 0 radical (unpaired) electrons. The van der Waals surface area contributed by atoms with Gasteiger partial charge < -0.3 is 10.2 Å². The first-order chi connectivity index (χ1) is 12.7. The third-order valence-electron chi connectivity index (χ3n) is 4.93. The van der Waals surface area contributed by atoms with Crippen molar-refractivity contribution in [1.82, 2.24) is 15.3 Å². The first-order valence-corrected chi connectivity index (χ1v) is 9.08. The molecule has 2 aromatic carbocycles. The van der Waals surface area contributed by atoms with Crippen molar-refractivity contribution >= 4 is 22.6 Å². The molecule has 1 atom stereocenters. The molecule has 1 saturated heterocycles. The number of nitrogens with one attached hydrogen (secondary N) is 1. The van der Waals surface area contributed by atoms with Crippen LogP contribution < -0.4 is 10.2 Å². The SMILES string of the molecule is CC(NC(=O)c1ccc2ncnc(N3CCCC3)c2c1)c1ccccc1. The Morgan fingerprint density at radius 2 is 1.85 bits per heavy atom. The molecule has 5 heteroatoms. The van der Waals surface area contributed by atoms with Crippen molar-refractivity contribution in [3.63, 3.8) is 0 Å². The van der Waals surface area contributed by atoms with Gasteiger partial charge in [0.1, 0.15) is 12.1 Å². The van der Waals surface area contributed by atoms with Crippen LogP contribution in [0.3, 0.4) is 0 Å². The highest BCUT2D eigenvalue weighted by Gasteiger charge is 2.18. The molecule has 4 rings (SSSR count). The molecule has 1 aliphatic heterocycles. The normalized spacial score (nSPS) is 15.2. The molecule has 1 fully saturated rings. The highest BCUT2D eigenvalue weighted by Crippen LogP contribution is 2.27. The summed E-state index contributed by atoms with van der Waals surface area (Å²) in [6.07, 6.45) is 3.97. The molecular formula is C21H22N4O. The van der Waals surface area contributed by atoms with Gasteiger partial charge in [0.15, 0.2) is 0 Å². The number of amides is 1. The third kappa shape index (κ3) is 3.25. The minimum absolute atomic E-state index is 0.0514. The van der Waals surface area contributed by atoms with Crippen molar-refractivity contribution in [2.75, 3.05) is 18.0 Å². The fraction of sp³-hybridized carbons (Fsp3) is 0.286. The lowest BCUT2D eigenvalue weighted by Crippen LogP contribution is -2.26. The maximum atomic E-state index is 12.7. The van der Waals surface area contributed by atoms with Gasteiger partial charge in [0.05, 0.1) is 11.6 Å². The van der Waals surface area contributed by atoms with E-state index < -0.39 is 0 Å². The Balaban J connectivity index is 1.62. The van der Waals surface area contributed by atoms with Crippen LogP contribution in [0.4, 0.5) is 5.82 Å². The molecule has 1 unspecified atom stereocenters. The summed E-state index contributed by atoms with van der Waals surface area (Å²) in [5.74, 6) is 0.845. The van der Waals surface area contributed by atoms with Crippen LogP contribution in [0.5, 0.6) is 0 Å². The van der Waals surface area contributed by atoms with Crippen LogP contribution in [0.15, 0.2) is 54.9 Å². The van der Waals surface area contributed by atoms with Crippen LogP contribution in [0, 0.1) is 0 Å². The van der Waals surface area contributed by atoms with Crippen LogP contribution in [0.25, 0.3) is 10.9 Å². The van der Waals surface area contributed by atoms with E-state index in [0.29, 0.717) is 5.56 Å². The van der Waals surface area contributed by atoms with Gasteiger partial charge in [-0.1, -0.05) is 30.3 Å². The number of nitrogens with zero attached hydrogens (tertiary/aromatic N) is 3. The highest BCUT2D eigenvalue weighted by molar-refractivity contribution is 6.00. The van der Waals surface area contributed by atoms with Crippen molar-refractivity contribution in [1.29, 1.82) is 0 Å². The molecule has 132 valence electrons. The van der Waals surface area contributed by atoms with E-state index in [4.69, 9.17) is 0 Å². The van der Waals surface area contributed by atoms with Gasteiger partial charge in [0.2, 0.25) is 0 Å². The average Bonchev–Trinajstić information content (AvgIpc) is 3.22. The Kier molecular flexibility index (Phi) is 4.52. The third-order valence-corrected chi connectivity index (χ3v) is 4.93. The van der Waals surface area contributed by atoms with Gasteiger partial charge in [0, 0.05) is 24.0 Å². The number of hydrogen-bond acceptors (Lipinski definition) is 4. The quantitative estimate of drug-likeness (QED) is 0.782. The van der Waals surface area contributed by atoms with E-state index in [1.165, 1.54) is 12.8 Å². The number of aromatic nitrogens is 2. The first-order valence-electron chi connectivity index (χ1n) is 9.08. The topological polar surface area (TPSA) is 58.1 Å². The van der Waals surface area contributed by atoms with Gasteiger partial charge in [-0.05, 0) is 43.5 Å². The first kappa shape index (κ1) is 16.5. The lowest BCUT2D eigenvalue weighted by Gasteiger charge is -2.18. The molecule has 0 aliphatic carbocycles. The standard InChI is InChI=1S/C21H22N4O/c1-15(16-7-3-2-4-8-16)24-21(26)17-9-10-19-18(13-17)20(23-14-22-19)25-11-5-6-12-25/h2-4,7-10,13-15H,5-6,11-12H2,1H3,(H,24,26). The Bertz CT molecular complexity index is 920. The van der Waals surface area contributed by atoms with Crippen molar-refractivity contribution in [3.05, 3.63) is 66.0 Å². The number of carbonyl (C=O) groups is 1. The second kappa shape index (κ2) is 7.12. The van der Waals surface area contributed by atoms with E-state index >= 15 is 0 Å². The molecule has 0 saturated carbocycles. The maximum Gasteiger partial charge on any atom is 0.251 e. The van der Waals surface area contributed by atoms with Gasteiger partial charge >= 0.3 is 0 Å². The van der Waals surface area contributed by atoms with Gasteiger partial charge in [-0.15, -0.1) is 0 Å². The summed E-state index contributed by atoms with van der Waals surface area (Å²) in [4.78, 5) is 23.8. The second-order valence-electron chi connectivity index (χ2n) is 6.73. The molecule has 1 N–H and O–H groups in total. The summed E-state index contributed by atoms with van der Waals surface area (Å²) in [5, 5.41) is 4.01. The molecule has 5 nitrogen and oxygen atoms in total. The van der Waals surface area contributed by atoms with Crippen molar-refractivity contribution < 1.29 is 4.79 Å². The fourth-order valence-corrected chi connectivity index (χ4v) is 3.47. The average molecular weight is 346 g/mol. The maximum absolute atomic E-state index is 12.7. The summed E-state index contributed by atoms with van der Waals surface area (Å²) < 4.78 is 0. The number of carbonyl (C=O) groups excluding carboxylic acids is 1. The van der Waals surface area contributed by atoms with Crippen molar-refractivity contribution in [2.24, 2.45) is 0 Å². The Labute approximate surface area is 153 Å².